The molecule has 1 heterocycles. The standard InChI is InChI=1S/C24H30N2O2/c1-4-22(27)26-15-9-14-24(18-26,23(28)25(2)3)17-19-10-8-13-21(16-19)20-11-6-5-7-12-20/h5-8,10-13,16H,4,9,14-15,17-18H2,1-3H3. The molecule has 1 aliphatic rings. The fourth-order valence-corrected chi connectivity index (χ4v) is 4.32. The summed E-state index contributed by atoms with van der Waals surface area (Å²) >= 11 is 0. The average molecular weight is 379 g/mol. The molecule has 1 atom stereocenters. The summed E-state index contributed by atoms with van der Waals surface area (Å²) in [4.78, 5) is 29.1. The van der Waals surface area contributed by atoms with Crippen molar-refractivity contribution in [1.29, 1.82) is 0 Å². The van der Waals surface area contributed by atoms with Crippen molar-refractivity contribution in [3.8, 4) is 11.1 Å². The summed E-state index contributed by atoms with van der Waals surface area (Å²) in [6.07, 6.45) is 2.81. The lowest BCUT2D eigenvalue weighted by atomic mass is 9.73. The van der Waals surface area contributed by atoms with Crippen molar-refractivity contribution in [2.75, 3.05) is 27.2 Å². The van der Waals surface area contributed by atoms with Crippen LogP contribution in [-0.2, 0) is 16.0 Å². The Morgan fingerprint density at radius 2 is 1.75 bits per heavy atom. The van der Waals surface area contributed by atoms with E-state index >= 15 is 0 Å². The number of carbonyl (C=O) groups excluding carboxylic acids is 2. The topological polar surface area (TPSA) is 40.6 Å². The monoisotopic (exact) mass is 378 g/mol. The Labute approximate surface area is 168 Å². The van der Waals surface area contributed by atoms with Crippen LogP contribution in [0.3, 0.4) is 0 Å². The third kappa shape index (κ3) is 4.27. The highest BCUT2D eigenvalue weighted by molar-refractivity contribution is 5.84. The van der Waals surface area contributed by atoms with Crippen LogP contribution in [0.2, 0.25) is 0 Å². The van der Waals surface area contributed by atoms with Crippen molar-refractivity contribution in [2.45, 2.75) is 32.6 Å². The van der Waals surface area contributed by atoms with E-state index in [0.29, 0.717) is 19.4 Å². The van der Waals surface area contributed by atoms with E-state index in [1.54, 1.807) is 4.90 Å². The first-order chi connectivity index (χ1) is 13.4. The van der Waals surface area contributed by atoms with Gasteiger partial charge in [-0.25, -0.2) is 0 Å². The molecule has 3 rings (SSSR count). The molecule has 28 heavy (non-hydrogen) atoms. The first kappa shape index (κ1) is 20.1. The van der Waals surface area contributed by atoms with Gasteiger partial charge in [-0.3, -0.25) is 9.59 Å². The van der Waals surface area contributed by atoms with Gasteiger partial charge in [-0.2, -0.15) is 0 Å². The van der Waals surface area contributed by atoms with Crippen LogP contribution < -0.4 is 0 Å². The molecule has 148 valence electrons. The van der Waals surface area contributed by atoms with Gasteiger partial charge in [0.25, 0.3) is 0 Å². The number of amides is 2. The molecule has 1 aliphatic heterocycles. The Bertz CT molecular complexity index is 832. The molecule has 1 fully saturated rings. The SMILES string of the molecule is CCC(=O)N1CCCC(Cc2cccc(-c3ccccc3)c2)(C(=O)N(C)C)C1. The summed E-state index contributed by atoms with van der Waals surface area (Å²) in [7, 11) is 3.62. The lowest BCUT2D eigenvalue weighted by Gasteiger charge is -2.43. The summed E-state index contributed by atoms with van der Waals surface area (Å²) in [5, 5.41) is 0. The minimum absolute atomic E-state index is 0.117. The molecule has 0 aliphatic carbocycles. The van der Waals surface area contributed by atoms with Crippen molar-refractivity contribution in [1.82, 2.24) is 9.80 Å². The van der Waals surface area contributed by atoms with Crippen molar-refractivity contribution < 1.29 is 9.59 Å². The zero-order valence-corrected chi connectivity index (χ0v) is 17.1. The van der Waals surface area contributed by atoms with E-state index in [4.69, 9.17) is 0 Å². The van der Waals surface area contributed by atoms with E-state index in [9.17, 15) is 9.59 Å². The number of rotatable bonds is 5. The van der Waals surface area contributed by atoms with Gasteiger partial charge in [0.2, 0.25) is 11.8 Å². The summed E-state index contributed by atoms with van der Waals surface area (Å²) in [6, 6.07) is 18.7. The zero-order valence-electron chi connectivity index (χ0n) is 17.1. The van der Waals surface area contributed by atoms with Gasteiger partial charge < -0.3 is 9.80 Å². The van der Waals surface area contributed by atoms with E-state index in [1.807, 2.05) is 44.1 Å². The molecule has 0 spiro atoms. The molecule has 2 aromatic rings. The Balaban J connectivity index is 1.92. The third-order valence-corrected chi connectivity index (χ3v) is 5.67. The zero-order chi connectivity index (χ0) is 20.1. The van der Waals surface area contributed by atoms with Crippen LogP contribution in [0, 0.1) is 5.41 Å². The molecule has 0 aromatic heterocycles. The second kappa shape index (κ2) is 8.59. The Morgan fingerprint density at radius 1 is 1.04 bits per heavy atom. The van der Waals surface area contributed by atoms with E-state index in [-0.39, 0.29) is 11.8 Å². The van der Waals surface area contributed by atoms with Crippen LogP contribution in [0.25, 0.3) is 11.1 Å². The van der Waals surface area contributed by atoms with E-state index in [2.05, 4.69) is 36.4 Å². The van der Waals surface area contributed by atoms with Gasteiger partial charge in [0.1, 0.15) is 0 Å². The second-order valence-corrected chi connectivity index (χ2v) is 8.00. The minimum Gasteiger partial charge on any atom is -0.348 e. The molecular weight excluding hydrogens is 348 g/mol. The van der Waals surface area contributed by atoms with E-state index < -0.39 is 5.41 Å². The number of hydrogen-bond acceptors (Lipinski definition) is 2. The van der Waals surface area contributed by atoms with Crippen LogP contribution in [0.15, 0.2) is 54.6 Å². The Morgan fingerprint density at radius 3 is 2.43 bits per heavy atom. The van der Waals surface area contributed by atoms with Crippen LogP contribution in [-0.4, -0.2) is 48.8 Å². The molecule has 1 saturated heterocycles. The Kier molecular flexibility index (Phi) is 6.18. The molecule has 2 amide bonds. The lowest BCUT2D eigenvalue weighted by Crippen LogP contribution is -2.54. The van der Waals surface area contributed by atoms with Gasteiger partial charge in [0, 0.05) is 33.6 Å². The van der Waals surface area contributed by atoms with Crippen LogP contribution in [0.4, 0.5) is 0 Å². The van der Waals surface area contributed by atoms with Gasteiger partial charge in [-0.1, -0.05) is 61.5 Å². The second-order valence-electron chi connectivity index (χ2n) is 8.00. The first-order valence-electron chi connectivity index (χ1n) is 10.1. The van der Waals surface area contributed by atoms with Crippen molar-refractivity contribution >= 4 is 11.8 Å². The largest absolute Gasteiger partial charge is 0.348 e. The maximum absolute atomic E-state index is 13.2. The molecule has 2 aromatic carbocycles. The highest BCUT2D eigenvalue weighted by Crippen LogP contribution is 2.36. The van der Waals surface area contributed by atoms with Gasteiger partial charge in [-0.05, 0) is 36.0 Å². The van der Waals surface area contributed by atoms with Crippen molar-refractivity contribution in [3.05, 3.63) is 60.2 Å². The number of benzene rings is 2. The lowest BCUT2D eigenvalue weighted by molar-refractivity contribution is -0.147. The van der Waals surface area contributed by atoms with Gasteiger partial charge in [-0.15, -0.1) is 0 Å². The highest BCUT2D eigenvalue weighted by atomic mass is 16.2. The fourth-order valence-electron chi connectivity index (χ4n) is 4.32. The van der Waals surface area contributed by atoms with Crippen LogP contribution in [0.1, 0.15) is 31.7 Å². The fraction of sp³-hybridized carbons (Fsp3) is 0.417. The molecular formula is C24H30N2O2. The van der Waals surface area contributed by atoms with Crippen molar-refractivity contribution in [2.24, 2.45) is 5.41 Å². The molecule has 4 nitrogen and oxygen atoms in total. The van der Waals surface area contributed by atoms with Gasteiger partial charge in [0.05, 0.1) is 5.41 Å². The number of nitrogens with zero attached hydrogens (tertiary/aromatic N) is 2. The molecule has 0 bridgehead atoms. The molecule has 4 heteroatoms. The predicted octanol–water partition coefficient (Wildman–Crippen LogP) is 4.00. The summed E-state index contributed by atoms with van der Waals surface area (Å²) in [5.74, 6) is 0.250. The maximum Gasteiger partial charge on any atom is 0.230 e. The smallest absolute Gasteiger partial charge is 0.230 e. The molecule has 0 N–H and O–H groups in total. The summed E-state index contributed by atoms with van der Waals surface area (Å²) in [5.41, 5.74) is 2.91. The van der Waals surface area contributed by atoms with Crippen molar-refractivity contribution in [3.63, 3.8) is 0 Å². The molecule has 0 radical (unpaired) electrons. The predicted molar refractivity (Wildman–Crippen MR) is 113 cm³/mol. The number of hydrogen-bond donors (Lipinski definition) is 0. The van der Waals surface area contributed by atoms with E-state index in [1.165, 1.54) is 5.56 Å². The number of likely N-dealkylation sites (tertiary alicyclic amines) is 1. The molecule has 1 unspecified atom stereocenters. The number of carbonyl (C=O) groups is 2. The third-order valence-electron chi connectivity index (χ3n) is 5.67. The maximum atomic E-state index is 13.2. The summed E-state index contributed by atoms with van der Waals surface area (Å²) in [6.45, 7) is 3.14. The quantitative estimate of drug-likeness (QED) is 0.789. The normalized spacial score (nSPS) is 19.3. The first-order valence-corrected chi connectivity index (χ1v) is 10.1. The van der Waals surface area contributed by atoms with Crippen LogP contribution >= 0.6 is 0 Å². The summed E-state index contributed by atoms with van der Waals surface area (Å²) < 4.78 is 0. The Hall–Kier alpha value is -2.62. The highest BCUT2D eigenvalue weighted by Gasteiger charge is 2.44. The average Bonchev–Trinajstić information content (AvgIpc) is 2.73. The molecule has 0 saturated carbocycles. The van der Waals surface area contributed by atoms with Gasteiger partial charge >= 0.3 is 0 Å². The number of piperidine rings is 1. The van der Waals surface area contributed by atoms with Crippen LogP contribution in [0.5, 0.6) is 0 Å². The van der Waals surface area contributed by atoms with Gasteiger partial charge in [0.15, 0.2) is 0 Å². The van der Waals surface area contributed by atoms with E-state index in [0.717, 1.165) is 30.5 Å². The minimum atomic E-state index is -0.554.